The van der Waals surface area contributed by atoms with Gasteiger partial charge in [-0.3, -0.25) is 9.78 Å². The molecule has 4 rings (SSSR count). The van der Waals surface area contributed by atoms with E-state index < -0.39 is 11.7 Å². The van der Waals surface area contributed by atoms with Crippen LogP contribution in [0.2, 0.25) is 10.0 Å². The summed E-state index contributed by atoms with van der Waals surface area (Å²) in [4.78, 5) is 17.4. The lowest BCUT2D eigenvalue weighted by atomic mass is 9.91. The second-order valence-corrected chi connectivity index (χ2v) is 8.56. The van der Waals surface area contributed by atoms with Crippen LogP contribution in [0.4, 0.5) is 10.1 Å². The highest BCUT2D eigenvalue weighted by atomic mass is 35.5. The topological polar surface area (TPSA) is 65.8 Å². The zero-order valence-electron chi connectivity index (χ0n) is 17.8. The van der Waals surface area contributed by atoms with Gasteiger partial charge in [-0.25, -0.2) is 4.39 Å². The van der Waals surface area contributed by atoms with Crippen LogP contribution >= 0.6 is 23.2 Å². The Bertz CT molecular complexity index is 1430. The van der Waals surface area contributed by atoms with Gasteiger partial charge in [-0.05, 0) is 73.0 Å². The van der Waals surface area contributed by atoms with Gasteiger partial charge in [0.25, 0.3) is 5.91 Å². The normalized spacial score (nSPS) is 11.8. The number of fused-ring (bicyclic) bond motifs is 1. The summed E-state index contributed by atoms with van der Waals surface area (Å²) in [6, 6.07) is 18.6. The van der Waals surface area contributed by atoms with Gasteiger partial charge in [-0.15, -0.1) is 0 Å². The molecule has 1 N–H and O–H groups in total. The van der Waals surface area contributed by atoms with Crippen LogP contribution in [-0.4, -0.2) is 10.9 Å². The highest BCUT2D eigenvalue weighted by Crippen LogP contribution is 2.34. The molecule has 4 nitrogen and oxygen atoms in total. The minimum atomic E-state index is -0.583. The molecule has 1 unspecified atom stereocenters. The quantitative estimate of drug-likeness (QED) is 0.337. The Morgan fingerprint density at radius 1 is 1.06 bits per heavy atom. The Labute approximate surface area is 200 Å². The first-order valence-electron chi connectivity index (χ1n) is 10.1. The molecular weight excluding hydrogens is 460 g/mol. The summed E-state index contributed by atoms with van der Waals surface area (Å²) in [5, 5.41) is 14.1. The van der Waals surface area contributed by atoms with Gasteiger partial charge in [0, 0.05) is 21.1 Å². The van der Waals surface area contributed by atoms with Crippen molar-refractivity contribution in [3.63, 3.8) is 0 Å². The monoisotopic (exact) mass is 477 g/mol. The Balaban J connectivity index is 1.66. The van der Waals surface area contributed by atoms with Gasteiger partial charge >= 0.3 is 0 Å². The number of aryl methyl sites for hydroxylation is 2. The molecule has 0 fully saturated rings. The molecule has 7 heteroatoms. The first kappa shape index (κ1) is 22.7. The maximum Gasteiger partial charge on any atom is 0.257 e. The van der Waals surface area contributed by atoms with Gasteiger partial charge in [-0.2, -0.15) is 5.26 Å². The molecule has 0 bridgehead atoms. The molecular formula is C26H18Cl2FN3O. The van der Waals surface area contributed by atoms with Crippen LogP contribution in [-0.2, 0) is 0 Å². The SMILES string of the molecule is Cc1cc(C(C#N)c2ccc(Cl)cc2)c(Cl)cc1NC(=O)c1cc2cc(F)ccc2nc1C. The average molecular weight is 478 g/mol. The predicted octanol–water partition coefficient (Wildman–Crippen LogP) is 7.21. The number of pyridine rings is 1. The predicted molar refractivity (Wildman–Crippen MR) is 129 cm³/mol. The number of carbonyl (C=O) groups excluding carboxylic acids is 1. The highest BCUT2D eigenvalue weighted by Gasteiger charge is 2.20. The van der Waals surface area contributed by atoms with Crippen molar-refractivity contribution in [3.05, 3.63) is 104 Å². The lowest BCUT2D eigenvalue weighted by molar-refractivity contribution is 0.102. The maximum atomic E-state index is 13.6. The smallest absolute Gasteiger partial charge is 0.257 e. The van der Waals surface area contributed by atoms with Crippen molar-refractivity contribution in [1.29, 1.82) is 5.26 Å². The van der Waals surface area contributed by atoms with Gasteiger partial charge in [0.05, 0.1) is 28.8 Å². The fraction of sp³-hybridized carbons (Fsp3) is 0.115. The van der Waals surface area contributed by atoms with E-state index in [-0.39, 0.29) is 5.91 Å². The molecule has 0 saturated carbocycles. The van der Waals surface area contributed by atoms with E-state index in [1.807, 2.05) is 6.92 Å². The Hall–Kier alpha value is -3.46. The molecule has 3 aromatic carbocycles. The number of benzene rings is 3. The first-order chi connectivity index (χ1) is 15.8. The molecule has 0 aliphatic heterocycles. The number of hydrogen-bond acceptors (Lipinski definition) is 3. The number of nitrogens with one attached hydrogen (secondary N) is 1. The third kappa shape index (κ3) is 4.68. The van der Waals surface area contributed by atoms with E-state index in [1.54, 1.807) is 55.5 Å². The van der Waals surface area contributed by atoms with Crippen LogP contribution in [0.3, 0.4) is 0 Å². The van der Waals surface area contributed by atoms with Crippen molar-refractivity contribution < 1.29 is 9.18 Å². The van der Waals surface area contributed by atoms with Crippen LogP contribution in [0, 0.1) is 31.0 Å². The average Bonchev–Trinajstić information content (AvgIpc) is 2.78. The van der Waals surface area contributed by atoms with Crippen LogP contribution in [0.1, 0.15) is 38.7 Å². The summed E-state index contributed by atoms with van der Waals surface area (Å²) in [6.07, 6.45) is 0. The Morgan fingerprint density at radius 2 is 1.79 bits per heavy atom. The third-order valence-corrected chi connectivity index (χ3v) is 6.03. The highest BCUT2D eigenvalue weighted by molar-refractivity contribution is 6.32. The van der Waals surface area contributed by atoms with Gasteiger partial charge in [-0.1, -0.05) is 41.4 Å². The van der Waals surface area contributed by atoms with Crippen LogP contribution in [0.25, 0.3) is 10.9 Å². The van der Waals surface area contributed by atoms with E-state index >= 15 is 0 Å². The van der Waals surface area contributed by atoms with E-state index in [0.29, 0.717) is 43.5 Å². The Morgan fingerprint density at radius 3 is 2.48 bits per heavy atom. The van der Waals surface area contributed by atoms with E-state index in [9.17, 15) is 14.4 Å². The molecule has 0 aliphatic rings. The molecule has 4 aromatic rings. The number of aromatic nitrogens is 1. The number of halogens is 3. The molecule has 1 atom stereocenters. The zero-order valence-corrected chi connectivity index (χ0v) is 19.3. The fourth-order valence-corrected chi connectivity index (χ4v) is 4.10. The minimum absolute atomic E-state index is 0.337. The summed E-state index contributed by atoms with van der Waals surface area (Å²) in [6.45, 7) is 3.55. The molecule has 1 aromatic heterocycles. The van der Waals surface area contributed by atoms with Crippen LogP contribution in [0.15, 0.2) is 60.7 Å². The second kappa shape index (κ2) is 9.19. The number of rotatable bonds is 4. The molecule has 1 amide bonds. The third-order valence-electron chi connectivity index (χ3n) is 5.45. The molecule has 0 spiro atoms. The standard InChI is InChI=1S/C26H18Cl2FN3O/c1-14-9-21(22(13-30)16-3-5-18(27)6-4-16)23(28)12-25(14)32-26(33)20-11-17-10-19(29)7-8-24(17)31-15(20)2/h3-12,22H,1-2H3,(H,32,33). The number of anilines is 1. The number of nitriles is 1. The maximum absolute atomic E-state index is 13.6. The lowest BCUT2D eigenvalue weighted by Gasteiger charge is -2.16. The largest absolute Gasteiger partial charge is 0.322 e. The van der Waals surface area contributed by atoms with Crippen molar-refractivity contribution in [2.75, 3.05) is 5.32 Å². The summed E-state index contributed by atoms with van der Waals surface area (Å²) < 4.78 is 13.6. The van der Waals surface area contributed by atoms with Crippen molar-refractivity contribution in [3.8, 4) is 6.07 Å². The molecule has 0 radical (unpaired) electrons. The summed E-state index contributed by atoms with van der Waals surface area (Å²) in [7, 11) is 0. The minimum Gasteiger partial charge on any atom is -0.322 e. The van der Waals surface area contributed by atoms with Crippen LogP contribution in [0.5, 0.6) is 0 Å². The number of amides is 1. The van der Waals surface area contributed by atoms with Crippen molar-refractivity contribution in [2.24, 2.45) is 0 Å². The molecule has 164 valence electrons. The van der Waals surface area contributed by atoms with E-state index in [2.05, 4.69) is 16.4 Å². The van der Waals surface area contributed by atoms with Gasteiger partial charge in [0.2, 0.25) is 0 Å². The fourth-order valence-electron chi connectivity index (χ4n) is 3.70. The first-order valence-corrected chi connectivity index (χ1v) is 10.9. The summed E-state index contributed by atoms with van der Waals surface area (Å²) >= 11 is 12.5. The number of carbonyl (C=O) groups is 1. The molecule has 0 aliphatic carbocycles. The van der Waals surface area contributed by atoms with E-state index in [4.69, 9.17) is 23.2 Å². The van der Waals surface area contributed by atoms with E-state index in [0.717, 1.165) is 11.1 Å². The number of nitrogens with zero attached hydrogens (tertiary/aromatic N) is 2. The summed E-state index contributed by atoms with van der Waals surface area (Å²) in [5.41, 5.74) is 4.14. The van der Waals surface area contributed by atoms with E-state index in [1.165, 1.54) is 12.1 Å². The van der Waals surface area contributed by atoms with Gasteiger partial charge < -0.3 is 5.32 Å². The van der Waals surface area contributed by atoms with Gasteiger partial charge in [0.1, 0.15) is 5.82 Å². The number of hydrogen-bond donors (Lipinski definition) is 1. The van der Waals surface area contributed by atoms with Crippen molar-refractivity contribution >= 4 is 45.7 Å². The Kier molecular flexibility index (Phi) is 6.33. The van der Waals surface area contributed by atoms with Crippen molar-refractivity contribution in [1.82, 2.24) is 4.98 Å². The zero-order chi connectivity index (χ0) is 23.7. The molecule has 1 heterocycles. The second-order valence-electron chi connectivity index (χ2n) is 7.71. The molecule has 33 heavy (non-hydrogen) atoms. The van der Waals surface area contributed by atoms with Gasteiger partial charge in [0.15, 0.2) is 0 Å². The van der Waals surface area contributed by atoms with Crippen molar-refractivity contribution in [2.45, 2.75) is 19.8 Å². The summed E-state index contributed by atoms with van der Waals surface area (Å²) in [5.74, 6) is -1.36. The lowest BCUT2D eigenvalue weighted by Crippen LogP contribution is -2.15. The molecule has 0 saturated heterocycles. The van der Waals surface area contributed by atoms with Crippen LogP contribution < -0.4 is 5.32 Å².